The van der Waals surface area contributed by atoms with Crippen molar-refractivity contribution in [1.29, 1.82) is 0 Å². The molecule has 0 unspecified atom stereocenters. The van der Waals surface area contributed by atoms with Crippen molar-refractivity contribution in [2.75, 3.05) is 18.5 Å². The second-order valence-electron chi connectivity index (χ2n) is 8.31. The van der Waals surface area contributed by atoms with Gasteiger partial charge in [-0.05, 0) is 32.1 Å². The Kier molecular flexibility index (Phi) is 25.8. The highest BCUT2D eigenvalue weighted by Gasteiger charge is 2.09. The molecule has 0 radical (unpaired) electrons. The van der Waals surface area contributed by atoms with Crippen LogP contribution in [0.4, 0.5) is 0 Å². The summed E-state index contributed by atoms with van der Waals surface area (Å²) in [6, 6.07) is 0. The molecule has 0 heterocycles. The van der Waals surface area contributed by atoms with Crippen LogP contribution in [-0.4, -0.2) is 24.8 Å². The molecule has 28 heavy (non-hydrogen) atoms. The highest BCUT2D eigenvalue weighted by Crippen LogP contribution is 2.14. The van der Waals surface area contributed by atoms with Crippen LogP contribution in [-0.2, 0) is 9.47 Å². The quantitative estimate of drug-likeness (QED) is 0.0807. The third kappa shape index (κ3) is 22.7. The summed E-state index contributed by atoms with van der Waals surface area (Å²) < 4.78 is 12.2. The lowest BCUT2D eigenvalue weighted by Gasteiger charge is -2.19. The van der Waals surface area contributed by atoms with Gasteiger partial charge in [0, 0.05) is 18.5 Å². The molecule has 0 saturated carbocycles. The fourth-order valence-electron chi connectivity index (χ4n) is 3.52. The molecule has 0 N–H and O–H groups in total. The number of alkyl halides is 1. The van der Waals surface area contributed by atoms with E-state index in [1.807, 2.05) is 0 Å². The van der Waals surface area contributed by atoms with E-state index in [0.717, 1.165) is 25.0 Å². The second kappa shape index (κ2) is 25.4. The molecule has 0 aliphatic heterocycles. The Morgan fingerprint density at radius 3 is 1.36 bits per heavy atom. The standard InChI is InChI=1S/C25H51BrO2/c1-3-5-7-15-19-23-27-25(28-24-20-16-8-6-4-2)21-17-13-11-9-10-12-14-18-22-26/h25H,3-24H2,1-2H3. The first-order valence-corrected chi connectivity index (χ1v) is 13.8. The average molecular weight is 464 g/mol. The van der Waals surface area contributed by atoms with Gasteiger partial charge in [0.1, 0.15) is 0 Å². The predicted molar refractivity (Wildman–Crippen MR) is 129 cm³/mol. The van der Waals surface area contributed by atoms with E-state index >= 15 is 0 Å². The van der Waals surface area contributed by atoms with E-state index < -0.39 is 0 Å². The molecule has 170 valence electrons. The third-order valence-corrected chi connectivity index (χ3v) is 5.99. The van der Waals surface area contributed by atoms with Gasteiger partial charge in [0.25, 0.3) is 0 Å². The summed E-state index contributed by atoms with van der Waals surface area (Å²) in [6.07, 6.45) is 24.9. The Morgan fingerprint density at radius 1 is 0.500 bits per heavy atom. The average Bonchev–Trinajstić information content (AvgIpc) is 2.71. The molecule has 0 aromatic heterocycles. The van der Waals surface area contributed by atoms with Gasteiger partial charge in [0.15, 0.2) is 6.29 Å². The van der Waals surface area contributed by atoms with Gasteiger partial charge in [-0.1, -0.05) is 120 Å². The van der Waals surface area contributed by atoms with E-state index in [1.165, 1.54) is 116 Å². The van der Waals surface area contributed by atoms with Crippen LogP contribution in [0.3, 0.4) is 0 Å². The van der Waals surface area contributed by atoms with Gasteiger partial charge in [-0.2, -0.15) is 0 Å². The summed E-state index contributed by atoms with van der Waals surface area (Å²) in [5, 5.41) is 1.16. The Morgan fingerprint density at radius 2 is 0.893 bits per heavy atom. The van der Waals surface area contributed by atoms with Crippen LogP contribution in [0.5, 0.6) is 0 Å². The molecule has 0 aliphatic rings. The van der Waals surface area contributed by atoms with E-state index in [1.54, 1.807) is 0 Å². The zero-order valence-corrected chi connectivity index (χ0v) is 20.9. The normalized spacial score (nSPS) is 11.6. The minimum absolute atomic E-state index is 0.0382. The van der Waals surface area contributed by atoms with Gasteiger partial charge in [0.05, 0.1) is 0 Å². The van der Waals surface area contributed by atoms with Crippen LogP contribution in [0.15, 0.2) is 0 Å². The number of halogens is 1. The van der Waals surface area contributed by atoms with Crippen LogP contribution in [0, 0.1) is 0 Å². The van der Waals surface area contributed by atoms with Crippen LogP contribution in [0.25, 0.3) is 0 Å². The van der Waals surface area contributed by atoms with Crippen molar-refractivity contribution >= 4 is 15.9 Å². The smallest absolute Gasteiger partial charge is 0.157 e. The zero-order chi connectivity index (χ0) is 20.5. The molecule has 0 spiro atoms. The number of rotatable bonds is 24. The lowest BCUT2D eigenvalue weighted by Crippen LogP contribution is -2.19. The maximum Gasteiger partial charge on any atom is 0.157 e. The van der Waals surface area contributed by atoms with Crippen LogP contribution in [0.2, 0.25) is 0 Å². The van der Waals surface area contributed by atoms with Crippen molar-refractivity contribution < 1.29 is 9.47 Å². The first kappa shape index (κ1) is 28.4. The molecule has 0 rings (SSSR count). The van der Waals surface area contributed by atoms with Crippen LogP contribution in [0.1, 0.15) is 136 Å². The van der Waals surface area contributed by atoms with Crippen molar-refractivity contribution in [3.8, 4) is 0 Å². The van der Waals surface area contributed by atoms with Crippen molar-refractivity contribution in [3.63, 3.8) is 0 Å². The monoisotopic (exact) mass is 462 g/mol. The number of unbranched alkanes of at least 4 members (excludes halogenated alkanes) is 15. The van der Waals surface area contributed by atoms with Crippen molar-refractivity contribution in [1.82, 2.24) is 0 Å². The fraction of sp³-hybridized carbons (Fsp3) is 1.00. The maximum absolute atomic E-state index is 6.10. The molecule has 0 aromatic rings. The minimum atomic E-state index is 0.0382. The Labute approximate surface area is 186 Å². The van der Waals surface area contributed by atoms with Gasteiger partial charge >= 0.3 is 0 Å². The molecular weight excluding hydrogens is 412 g/mol. The summed E-state index contributed by atoms with van der Waals surface area (Å²) >= 11 is 3.51. The van der Waals surface area contributed by atoms with Crippen LogP contribution < -0.4 is 0 Å². The number of ether oxygens (including phenoxy) is 2. The molecule has 0 amide bonds. The SMILES string of the molecule is CCCCCCCOC(CCCCCCCCCCBr)OCCCCCCC. The van der Waals surface area contributed by atoms with Gasteiger partial charge in [0.2, 0.25) is 0 Å². The minimum Gasteiger partial charge on any atom is -0.353 e. The van der Waals surface area contributed by atoms with E-state index in [-0.39, 0.29) is 6.29 Å². The Bertz CT molecular complexity index is 257. The molecule has 0 atom stereocenters. The third-order valence-electron chi connectivity index (χ3n) is 5.43. The van der Waals surface area contributed by atoms with Gasteiger partial charge in [-0.3, -0.25) is 0 Å². The van der Waals surface area contributed by atoms with Gasteiger partial charge < -0.3 is 9.47 Å². The second-order valence-corrected chi connectivity index (χ2v) is 9.10. The summed E-state index contributed by atoms with van der Waals surface area (Å²) in [5.41, 5.74) is 0. The van der Waals surface area contributed by atoms with Gasteiger partial charge in [-0.25, -0.2) is 0 Å². The van der Waals surface area contributed by atoms with E-state index in [9.17, 15) is 0 Å². The highest BCUT2D eigenvalue weighted by atomic mass is 79.9. The Hall–Kier alpha value is 0.400. The maximum atomic E-state index is 6.10. The summed E-state index contributed by atoms with van der Waals surface area (Å²) in [7, 11) is 0. The topological polar surface area (TPSA) is 18.5 Å². The molecular formula is C25H51BrO2. The molecule has 3 heteroatoms. The summed E-state index contributed by atoms with van der Waals surface area (Å²) in [5.74, 6) is 0. The van der Waals surface area contributed by atoms with Crippen LogP contribution >= 0.6 is 15.9 Å². The molecule has 0 fully saturated rings. The molecule has 0 aromatic carbocycles. The summed E-state index contributed by atoms with van der Waals surface area (Å²) in [4.78, 5) is 0. The lowest BCUT2D eigenvalue weighted by molar-refractivity contribution is -0.148. The first-order chi connectivity index (χ1) is 13.8. The van der Waals surface area contributed by atoms with E-state index in [2.05, 4.69) is 29.8 Å². The first-order valence-electron chi connectivity index (χ1n) is 12.6. The fourth-order valence-corrected chi connectivity index (χ4v) is 3.92. The molecule has 0 saturated heterocycles. The van der Waals surface area contributed by atoms with Crippen molar-refractivity contribution in [2.45, 2.75) is 142 Å². The number of hydrogen-bond donors (Lipinski definition) is 0. The largest absolute Gasteiger partial charge is 0.353 e. The van der Waals surface area contributed by atoms with Crippen molar-refractivity contribution in [2.24, 2.45) is 0 Å². The Balaban J connectivity index is 3.76. The summed E-state index contributed by atoms with van der Waals surface area (Å²) in [6.45, 7) is 6.28. The van der Waals surface area contributed by atoms with Gasteiger partial charge in [-0.15, -0.1) is 0 Å². The number of hydrogen-bond acceptors (Lipinski definition) is 2. The predicted octanol–water partition coefficient (Wildman–Crippen LogP) is 9.19. The van der Waals surface area contributed by atoms with Crippen molar-refractivity contribution in [3.05, 3.63) is 0 Å². The lowest BCUT2D eigenvalue weighted by atomic mass is 10.1. The zero-order valence-electron chi connectivity index (χ0n) is 19.3. The highest BCUT2D eigenvalue weighted by molar-refractivity contribution is 9.09. The molecule has 2 nitrogen and oxygen atoms in total. The molecule has 0 bridgehead atoms. The molecule has 0 aliphatic carbocycles. The van der Waals surface area contributed by atoms with E-state index in [4.69, 9.17) is 9.47 Å². The van der Waals surface area contributed by atoms with E-state index in [0.29, 0.717) is 0 Å².